The van der Waals surface area contributed by atoms with Crippen molar-refractivity contribution in [3.63, 3.8) is 0 Å². The molecule has 1 fully saturated rings. The van der Waals surface area contributed by atoms with Gasteiger partial charge in [0.25, 0.3) is 0 Å². The number of nitrogens with zero attached hydrogens (tertiary/aromatic N) is 1. The summed E-state index contributed by atoms with van der Waals surface area (Å²) in [6, 6.07) is 2.25. The van der Waals surface area contributed by atoms with E-state index in [-0.39, 0.29) is 5.91 Å². The van der Waals surface area contributed by atoms with Crippen molar-refractivity contribution in [1.82, 2.24) is 5.32 Å². The van der Waals surface area contributed by atoms with Crippen molar-refractivity contribution in [2.45, 2.75) is 32.2 Å². The fourth-order valence-electron chi connectivity index (χ4n) is 0.937. The third-order valence-corrected chi connectivity index (χ3v) is 2.04. The van der Waals surface area contributed by atoms with Crippen LogP contribution < -0.4 is 5.32 Å². The molecular formula is C8H12N2O. The summed E-state index contributed by atoms with van der Waals surface area (Å²) in [5, 5.41) is 11.2. The lowest BCUT2D eigenvalue weighted by Crippen LogP contribution is -2.41. The third-order valence-electron chi connectivity index (χ3n) is 2.04. The van der Waals surface area contributed by atoms with Gasteiger partial charge >= 0.3 is 0 Å². The first kappa shape index (κ1) is 8.06. The highest BCUT2D eigenvalue weighted by atomic mass is 16.1. The Morgan fingerprint density at radius 1 is 1.73 bits per heavy atom. The smallest absolute Gasteiger partial charge is 0.237 e. The van der Waals surface area contributed by atoms with Gasteiger partial charge in [-0.25, -0.2) is 0 Å². The number of hydrogen-bond acceptors (Lipinski definition) is 2. The summed E-state index contributed by atoms with van der Waals surface area (Å²) >= 11 is 0. The molecule has 1 rings (SSSR count). The number of hydrogen-bond donors (Lipinski definition) is 1. The van der Waals surface area contributed by atoms with E-state index in [1.165, 1.54) is 6.42 Å². The van der Waals surface area contributed by atoms with Crippen LogP contribution in [0.15, 0.2) is 0 Å². The Kier molecular flexibility index (Phi) is 2.48. The number of amides is 1. The maximum Gasteiger partial charge on any atom is 0.237 e. The second-order valence-corrected chi connectivity index (χ2v) is 2.99. The molecule has 0 heterocycles. The molecule has 1 N–H and O–H groups in total. The van der Waals surface area contributed by atoms with E-state index in [2.05, 4.69) is 5.32 Å². The maximum atomic E-state index is 11.0. The summed E-state index contributed by atoms with van der Waals surface area (Å²) in [5.74, 6) is -0.632. The molecule has 1 saturated carbocycles. The summed E-state index contributed by atoms with van der Waals surface area (Å²) in [6.07, 6.45) is 3.35. The molecule has 0 aromatic rings. The van der Waals surface area contributed by atoms with Crippen LogP contribution >= 0.6 is 0 Å². The second kappa shape index (κ2) is 3.38. The topological polar surface area (TPSA) is 52.9 Å². The monoisotopic (exact) mass is 152 g/mol. The van der Waals surface area contributed by atoms with E-state index < -0.39 is 5.92 Å². The van der Waals surface area contributed by atoms with Gasteiger partial charge in [0.2, 0.25) is 5.91 Å². The van der Waals surface area contributed by atoms with E-state index in [4.69, 9.17) is 5.26 Å². The zero-order chi connectivity index (χ0) is 8.27. The highest BCUT2D eigenvalue weighted by Crippen LogP contribution is 2.18. The maximum absolute atomic E-state index is 11.0. The van der Waals surface area contributed by atoms with Crippen molar-refractivity contribution in [1.29, 1.82) is 5.26 Å². The molecule has 0 saturated heterocycles. The lowest BCUT2D eigenvalue weighted by molar-refractivity contribution is -0.124. The number of carbonyl (C=O) groups is 1. The molecule has 3 heteroatoms. The summed E-state index contributed by atoms with van der Waals surface area (Å²) in [5.41, 5.74) is 0. The molecule has 0 aliphatic heterocycles. The van der Waals surface area contributed by atoms with Crippen LogP contribution in [0.2, 0.25) is 0 Å². The molecule has 0 aromatic carbocycles. The van der Waals surface area contributed by atoms with Crippen LogP contribution in [0, 0.1) is 17.2 Å². The van der Waals surface area contributed by atoms with E-state index in [1.54, 1.807) is 6.92 Å². The van der Waals surface area contributed by atoms with Crippen molar-refractivity contribution in [3.8, 4) is 6.07 Å². The van der Waals surface area contributed by atoms with Gasteiger partial charge in [-0.1, -0.05) is 0 Å². The van der Waals surface area contributed by atoms with Crippen LogP contribution in [0.25, 0.3) is 0 Å². The Balaban J connectivity index is 2.25. The Hall–Kier alpha value is -1.04. The minimum Gasteiger partial charge on any atom is -0.352 e. The molecule has 1 amide bonds. The van der Waals surface area contributed by atoms with Crippen LogP contribution in [-0.2, 0) is 4.79 Å². The van der Waals surface area contributed by atoms with Crippen LogP contribution in [0.5, 0.6) is 0 Å². The lowest BCUT2D eigenvalue weighted by Gasteiger charge is -2.26. The first-order valence-corrected chi connectivity index (χ1v) is 3.94. The van der Waals surface area contributed by atoms with Gasteiger partial charge < -0.3 is 5.32 Å². The van der Waals surface area contributed by atoms with Crippen molar-refractivity contribution >= 4 is 5.91 Å². The quantitative estimate of drug-likeness (QED) is 0.636. The van der Waals surface area contributed by atoms with Gasteiger partial charge in [0.05, 0.1) is 6.07 Å². The van der Waals surface area contributed by atoms with Crippen LogP contribution in [0.4, 0.5) is 0 Å². The lowest BCUT2D eigenvalue weighted by atomic mass is 9.93. The number of rotatable bonds is 2. The third kappa shape index (κ3) is 1.94. The van der Waals surface area contributed by atoms with Crippen LogP contribution in [0.1, 0.15) is 26.2 Å². The largest absolute Gasteiger partial charge is 0.352 e. The zero-order valence-electron chi connectivity index (χ0n) is 6.63. The standard InChI is InChI=1S/C8H12N2O/c1-6(5-9)8(11)10-7-3-2-4-7/h6-7H,2-4H2,1H3,(H,10,11). The van der Waals surface area contributed by atoms with Gasteiger partial charge in [-0.05, 0) is 26.2 Å². The normalized spacial score (nSPS) is 19.6. The predicted molar refractivity (Wildman–Crippen MR) is 40.6 cm³/mol. The first-order chi connectivity index (χ1) is 5.24. The van der Waals surface area contributed by atoms with Crippen LogP contribution in [-0.4, -0.2) is 11.9 Å². The second-order valence-electron chi connectivity index (χ2n) is 2.99. The highest BCUT2D eigenvalue weighted by Gasteiger charge is 2.21. The molecule has 11 heavy (non-hydrogen) atoms. The predicted octanol–water partition coefficient (Wildman–Crippen LogP) is 0.815. The first-order valence-electron chi connectivity index (χ1n) is 3.94. The molecule has 1 aliphatic rings. The van der Waals surface area contributed by atoms with E-state index in [0.717, 1.165) is 12.8 Å². The fourth-order valence-corrected chi connectivity index (χ4v) is 0.937. The Morgan fingerprint density at radius 3 is 2.73 bits per heavy atom. The van der Waals surface area contributed by atoms with Gasteiger partial charge in [0.1, 0.15) is 5.92 Å². The molecule has 0 radical (unpaired) electrons. The van der Waals surface area contributed by atoms with Crippen molar-refractivity contribution < 1.29 is 4.79 Å². The van der Waals surface area contributed by atoms with Gasteiger partial charge in [-0.2, -0.15) is 5.26 Å². The molecular weight excluding hydrogens is 140 g/mol. The Labute approximate surface area is 66.4 Å². The van der Waals surface area contributed by atoms with Crippen molar-refractivity contribution in [3.05, 3.63) is 0 Å². The van der Waals surface area contributed by atoms with Crippen LogP contribution in [0.3, 0.4) is 0 Å². The molecule has 3 nitrogen and oxygen atoms in total. The Bertz CT molecular complexity index is 191. The summed E-state index contributed by atoms with van der Waals surface area (Å²) < 4.78 is 0. The molecule has 0 bridgehead atoms. The zero-order valence-corrected chi connectivity index (χ0v) is 6.63. The molecule has 0 spiro atoms. The van der Waals surface area contributed by atoms with E-state index in [9.17, 15) is 4.79 Å². The number of nitriles is 1. The molecule has 1 aliphatic carbocycles. The highest BCUT2D eigenvalue weighted by molar-refractivity contribution is 5.80. The minimum absolute atomic E-state index is 0.128. The Morgan fingerprint density at radius 2 is 2.36 bits per heavy atom. The van der Waals surface area contributed by atoms with Gasteiger partial charge in [-0.15, -0.1) is 0 Å². The molecule has 60 valence electrons. The summed E-state index contributed by atoms with van der Waals surface area (Å²) in [6.45, 7) is 1.62. The van der Waals surface area contributed by atoms with E-state index in [0.29, 0.717) is 6.04 Å². The van der Waals surface area contributed by atoms with Gasteiger partial charge in [0.15, 0.2) is 0 Å². The van der Waals surface area contributed by atoms with Crippen molar-refractivity contribution in [2.75, 3.05) is 0 Å². The SMILES string of the molecule is CC(C#N)C(=O)NC1CCC1. The van der Waals surface area contributed by atoms with E-state index in [1.807, 2.05) is 6.07 Å². The minimum atomic E-state index is -0.504. The molecule has 0 aromatic heterocycles. The fraction of sp³-hybridized carbons (Fsp3) is 0.750. The van der Waals surface area contributed by atoms with Crippen molar-refractivity contribution in [2.24, 2.45) is 5.92 Å². The average molecular weight is 152 g/mol. The number of nitrogens with one attached hydrogen (secondary N) is 1. The summed E-state index contributed by atoms with van der Waals surface area (Å²) in [4.78, 5) is 11.0. The van der Waals surface area contributed by atoms with E-state index >= 15 is 0 Å². The molecule has 1 atom stereocenters. The average Bonchev–Trinajstić information content (AvgIpc) is 1.94. The summed E-state index contributed by atoms with van der Waals surface area (Å²) in [7, 11) is 0. The van der Waals surface area contributed by atoms with Gasteiger partial charge in [0, 0.05) is 6.04 Å². The molecule has 1 unspecified atom stereocenters. The van der Waals surface area contributed by atoms with Gasteiger partial charge in [-0.3, -0.25) is 4.79 Å². The number of carbonyl (C=O) groups excluding carboxylic acids is 1.